The van der Waals surface area contributed by atoms with E-state index in [0.717, 1.165) is 17.8 Å². The number of rotatable bonds is 2. The van der Waals surface area contributed by atoms with Gasteiger partial charge in [-0.25, -0.2) is 9.98 Å². The lowest BCUT2D eigenvalue weighted by molar-refractivity contribution is 1.08. The number of hydrogen-bond donors (Lipinski definition) is 0. The second kappa shape index (κ2) is 5.44. The van der Waals surface area contributed by atoms with Gasteiger partial charge in [-0.05, 0) is 38.8 Å². The van der Waals surface area contributed by atoms with Crippen LogP contribution in [0.15, 0.2) is 45.1 Å². The van der Waals surface area contributed by atoms with E-state index in [1.807, 2.05) is 19.2 Å². The van der Waals surface area contributed by atoms with E-state index in [1.165, 1.54) is 11.1 Å². The summed E-state index contributed by atoms with van der Waals surface area (Å²) in [6, 6.07) is 0. The maximum atomic E-state index is 4.40. The predicted octanol–water partition coefficient (Wildman–Crippen LogP) is 3.68. The van der Waals surface area contributed by atoms with Crippen molar-refractivity contribution in [3.63, 3.8) is 0 Å². The second-order valence-electron chi connectivity index (χ2n) is 3.61. The van der Waals surface area contributed by atoms with Crippen LogP contribution in [0.2, 0.25) is 0 Å². The third kappa shape index (κ3) is 3.01. The molecular weight excluding hydrogens is 184 g/mol. The lowest BCUT2D eigenvalue weighted by Gasteiger charge is -2.09. The van der Waals surface area contributed by atoms with Gasteiger partial charge >= 0.3 is 0 Å². The molecule has 1 aliphatic heterocycles. The van der Waals surface area contributed by atoms with Crippen molar-refractivity contribution in [2.24, 2.45) is 9.98 Å². The molecule has 1 aliphatic rings. The SMILES string of the molecule is C/C=C1/C(C)=CC=N/C1=N\C=C(/C)CC. The van der Waals surface area contributed by atoms with Crippen LogP contribution in [0, 0.1) is 0 Å². The third-order valence-electron chi connectivity index (χ3n) is 2.44. The molecule has 0 bridgehead atoms. The highest BCUT2D eigenvalue weighted by atomic mass is 14.9. The van der Waals surface area contributed by atoms with Gasteiger partial charge in [-0.15, -0.1) is 0 Å². The van der Waals surface area contributed by atoms with E-state index in [0.29, 0.717) is 0 Å². The third-order valence-corrected chi connectivity index (χ3v) is 2.44. The van der Waals surface area contributed by atoms with Crippen LogP contribution in [0.25, 0.3) is 0 Å². The Morgan fingerprint density at radius 1 is 1.53 bits per heavy atom. The van der Waals surface area contributed by atoms with Crippen LogP contribution in [0.4, 0.5) is 0 Å². The molecule has 0 fully saturated rings. The van der Waals surface area contributed by atoms with Gasteiger partial charge in [0.1, 0.15) is 0 Å². The number of aliphatic imine (C=N–C) groups is 2. The second-order valence-corrected chi connectivity index (χ2v) is 3.61. The number of amidine groups is 1. The van der Waals surface area contributed by atoms with Gasteiger partial charge in [-0.1, -0.05) is 18.6 Å². The van der Waals surface area contributed by atoms with Crippen LogP contribution in [0.5, 0.6) is 0 Å². The molecule has 0 spiro atoms. The molecule has 0 saturated heterocycles. The zero-order chi connectivity index (χ0) is 11.3. The fourth-order valence-electron chi connectivity index (χ4n) is 1.28. The first-order valence-electron chi connectivity index (χ1n) is 5.30. The molecule has 1 heterocycles. The lowest BCUT2D eigenvalue weighted by Crippen LogP contribution is -2.05. The standard InChI is InChI=1S/C13H18N2/c1-5-10(3)9-15-13-12(6-2)11(4)7-8-14-13/h6-9H,5H2,1-4H3/b10-9+,12-6-,15-13-. The summed E-state index contributed by atoms with van der Waals surface area (Å²) in [5.74, 6) is 0.810. The highest BCUT2D eigenvalue weighted by molar-refractivity contribution is 6.10. The Hall–Kier alpha value is -1.44. The molecule has 1 rings (SSSR count). The fraction of sp³-hybridized carbons (Fsp3) is 0.385. The van der Waals surface area contributed by atoms with Crippen LogP contribution in [0.3, 0.4) is 0 Å². The Bertz CT molecular complexity index is 379. The van der Waals surface area contributed by atoms with E-state index in [2.05, 4.69) is 36.8 Å². The van der Waals surface area contributed by atoms with Crippen LogP contribution in [-0.4, -0.2) is 12.1 Å². The van der Waals surface area contributed by atoms with Gasteiger partial charge in [0.15, 0.2) is 5.84 Å². The monoisotopic (exact) mass is 202 g/mol. The maximum Gasteiger partial charge on any atom is 0.159 e. The molecular formula is C13H18N2. The summed E-state index contributed by atoms with van der Waals surface area (Å²) in [6.45, 7) is 8.29. The zero-order valence-electron chi connectivity index (χ0n) is 9.91. The molecule has 15 heavy (non-hydrogen) atoms. The molecule has 2 nitrogen and oxygen atoms in total. The minimum absolute atomic E-state index is 0.810. The van der Waals surface area contributed by atoms with Crippen molar-refractivity contribution in [2.45, 2.75) is 34.1 Å². The van der Waals surface area contributed by atoms with Crippen LogP contribution in [0.1, 0.15) is 34.1 Å². The Morgan fingerprint density at radius 3 is 2.87 bits per heavy atom. The Kier molecular flexibility index (Phi) is 4.22. The summed E-state index contributed by atoms with van der Waals surface area (Å²) in [7, 11) is 0. The summed E-state index contributed by atoms with van der Waals surface area (Å²) in [4.78, 5) is 8.68. The van der Waals surface area contributed by atoms with Crippen molar-refractivity contribution in [1.29, 1.82) is 0 Å². The average Bonchev–Trinajstić information content (AvgIpc) is 2.25. The van der Waals surface area contributed by atoms with Crippen LogP contribution < -0.4 is 0 Å². The number of dihydropyridines is 1. The molecule has 0 amide bonds. The first-order chi connectivity index (χ1) is 7.19. The van der Waals surface area contributed by atoms with Crippen LogP contribution >= 0.6 is 0 Å². The van der Waals surface area contributed by atoms with Crippen molar-refractivity contribution in [2.75, 3.05) is 0 Å². The number of hydrogen-bond acceptors (Lipinski definition) is 1. The number of allylic oxidation sites excluding steroid dienone is 3. The van der Waals surface area contributed by atoms with Gasteiger partial charge in [0, 0.05) is 18.0 Å². The Labute approximate surface area is 91.8 Å². The molecule has 0 saturated carbocycles. The van der Waals surface area contributed by atoms with Crippen molar-refractivity contribution >= 4 is 12.1 Å². The van der Waals surface area contributed by atoms with Gasteiger partial charge in [0.05, 0.1) is 0 Å². The van der Waals surface area contributed by atoms with Gasteiger partial charge < -0.3 is 0 Å². The molecule has 0 unspecified atom stereocenters. The number of nitrogens with zero attached hydrogens (tertiary/aromatic N) is 2. The molecule has 80 valence electrons. The van der Waals surface area contributed by atoms with Gasteiger partial charge in [0.25, 0.3) is 0 Å². The van der Waals surface area contributed by atoms with E-state index in [9.17, 15) is 0 Å². The average molecular weight is 202 g/mol. The molecule has 0 atom stereocenters. The van der Waals surface area contributed by atoms with Crippen molar-refractivity contribution < 1.29 is 0 Å². The summed E-state index contributed by atoms with van der Waals surface area (Å²) < 4.78 is 0. The maximum absolute atomic E-state index is 4.40. The highest BCUT2D eigenvalue weighted by Gasteiger charge is 2.08. The Morgan fingerprint density at radius 2 is 2.27 bits per heavy atom. The van der Waals surface area contributed by atoms with E-state index in [4.69, 9.17) is 0 Å². The zero-order valence-corrected chi connectivity index (χ0v) is 9.91. The first kappa shape index (κ1) is 11.6. The quantitative estimate of drug-likeness (QED) is 0.652. The molecule has 0 aromatic rings. The molecule has 0 aromatic heterocycles. The summed E-state index contributed by atoms with van der Waals surface area (Å²) in [6.07, 6.45) is 8.78. The smallest absolute Gasteiger partial charge is 0.159 e. The molecule has 0 radical (unpaired) electrons. The van der Waals surface area contributed by atoms with Gasteiger partial charge in [0.2, 0.25) is 0 Å². The lowest BCUT2D eigenvalue weighted by atomic mass is 10.0. The van der Waals surface area contributed by atoms with Crippen molar-refractivity contribution in [3.05, 3.63) is 35.1 Å². The first-order valence-corrected chi connectivity index (χ1v) is 5.30. The largest absolute Gasteiger partial charge is 0.237 e. The van der Waals surface area contributed by atoms with Gasteiger partial charge in [-0.3, -0.25) is 0 Å². The Balaban J connectivity index is 2.97. The van der Waals surface area contributed by atoms with E-state index in [1.54, 1.807) is 6.21 Å². The van der Waals surface area contributed by atoms with E-state index < -0.39 is 0 Å². The van der Waals surface area contributed by atoms with Crippen molar-refractivity contribution in [3.8, 4) is 0 Å². The summed E-state index contributed by atoms with van der Waals surface area (Å²) in [5, 5.41) is 0. The summed E-state index contributed by atoms with van der Waals surface area (Å²) in [5.41, 5.74) is 3.60. The normalized spacial score (nSPS) is 22.4. The molecule has 0 N–H and O–H groups in total. The minimum Gasteiger partial charge on any atom is -0.237 e. The highest BCUT2D eigenvalue weighted by Crippen LogP contribution is 2.15. The summed E-state index contributed by atoms with van der Waals surface area (Å²) >= 11 is 0. The van der Waals surface area contributed by atoms with Crippen LogP contribution in [-0.2, 0) is 0 Å². The van der Waals surface area contributed by atoms with Crippen molar-refractivity contribution in [1.82, 2.24) is 0 Å². The topological polar surface area (TPSA) is 24.7 Å². The molecule has 0 aromatic carbocycles. The molecule has 0 aliphatic carbocycles. The molecule has 2 heteroatoms. The van der Waals surface area contributed by atoms with E-state index >= 15 is 0 Å². The minimum atomic E-state index is 0.810. The van der Waals surface area contributed by atoms with Gasteiger partial charge in [-0.2, -0.15) is 0 Å². The predicted molar refractivity (Wildman–Crippen MR) is 67.5 cm³/mol. The fourth-order valence-corrected chi connectivity index (χ4v) is 1.28. The van der Waals surface area contributed by atoms with E-state index in [-0.39, 0.29) is 0 Å².